The number of aliphatic imine (C=N–C) groups is 1. The molecular weight excluding hydrogens is 426 g/mol. The van der Waals surface area contributed by atoms with Crippen LogP contribution in [-0.2, 0) is 14.3 Å². The number of amides is 1. The standard InChI is InChI=1S/C17H19ClN2O3S.C4H9NO/c1-10(19-2)24-15-9-12(6-7-20-16(15)21)11-4-5-14(18)13(8-11)17(22)23-3;1-3-6-4-2-5-1/h4-5,8-9,12H,6-7H2,1-3H3,(H,20,21);5H,1-4H2. The molecule has 1 aromatic rings. The summed E-state index contributed by atoms with van der Waals surface area (Å²) in [5.74, 6) is -0.582. The smallest absolute Gasteiger partial charge is 0.339 e. The van der Waals surface area contributed by atoms with Gasteiger partial charge in [0, 0.05) is 32.6 Å². The third-order valence-electron chi connectivity index (χ3n) is 4.56. The van der Waals surface area contributed by atoms with E-state index in [1.165, 1.54) is 18.9 Å². The molecule has 1 amide bonds. The Kier molecular flexibility index (Phi) is 10.4. The van der Waals surface area contributed by atoms with Crippen molar-refractivity contribution in [1.29, 1.82) is 0 Å². The third-order valence-corrected chi connectivity index (χ3v) is 5.91. The Balaban J connectivity index is 0.000000456. The van der Waals surface area contributed by atoms with Crippen molar-refractivity contribution in [2.75, 3.05) is 47.0 Å². The Hall–Kier alpha value is -1.87. The van der Waals surface area contributed by atoms with E-state index in [0.29, 0.717) is 22.0 Å². The molecule has 0 aromatic heterocycles. The summed E-state index contributed by atoms with van der Waals surface area (Å²) >= 11 is 7.42. The van der Waals surface area contributed by atoms with Crippen LogP contribution < -0.4 is 10.6 Å². The van der Waals surface area contributed by atoms with Crippen molar-refractivity contribution >= 4 is 40.3 Å². The van der Waals surface area contributed by atoms with Gasteiger partial charge in [0.05, 0.1) is 40.9 Å². The molecule has 0 spiro atoms. The van der Waals surface area contributed by atoms with Crippen molar-refractivity contribution in [3.05, 3.63) is 45.3 Å². The lowest BCUT2D eigenvalue weighted by Crippen LogP contribution is -2.30. The monoisotopic (exact) mass is 453 g/mol. The van der Waals surface area contributed by atoms with E-state index in [-0.39, 0.29) is 11.8 Å². The van der Waals surface area contributed by atoms with Crippen molar-refractivity contribution in [2.24, 2.45) is 4.99 Å². The van der Waals surface area contributed by atoms with Gasteiger partial charge in [-0.3, -0.25) is 9.79 Å². The summed E-state index contributed by atoms with van der Waals surface area (Å²) in [6.07, 6.45) is 2.66. The van der Waals surface area contributed by atoms with Crippen LogP contribution in [0.5, 0.6) is 0 Å². The van der Waals surface area contributed by atoms with Crippen molar-refractivity contribution in [1.82, 2.24) is 10.6 Å². The summed E-state index contributed by atoms with van der Waals surface area (Å²) in [4.78, 5) is 28.7. The van der Waals surface area contributed by atoms with E-state index in [9.17, 15) is 9.59 Å². The van der Waals surface area contributed by atoms with Gasteiger partial charge in [0.15, 0.2) is 0 Å². The number of thioether (sulfide) groups is 1. The number of rotatable bonds is 3. The van der Waals surface area contributed by atoms with Crippen LogP contribution in [0.4, 0.5) is 0 Å². The number of esters is 1. The zero-order valence-electron chi connectivity index (χ0n) is 17.5. The molecule has 1 saturated heterocycles. The van der Waals surface area contributed by atoms with Crippen LogP contribution >= 0.6 is 23.4 Å². The van der Waals surface area contributed by atoms with Crippen LogP contribution in [0, 0.1) is 0 Å². The third kappa shape index (κ3) is 7.43. The maximum atomic E-state index is 12.2. The highest BCUT2D eigenvalue weighted by Crippen LogP contribution is 2.31. The number of halogens is 1. The van der Waals surface area contributed by atoms with Gasteiger partial charge in [-0.1, -0.05) is 35.5 Å². The fourth-order valence-electron chi connectivity index (χ4n) is 2.87. The SMILES string of the molecule is C1COCCN1.CN=C(C)SC1=CC(c2ccc(Cl)c(C(=O)OC)c2)CCNC1=O. The topological polar surface area (TPSA) is 89.0 Å². The van der Waals surface area contributed by atoms with E-state index >= 15 is 0 Å². The Labute approximate surface area is 186 Å². The Morgan fingerprint density at radius 1 is 1.30 bits per heavy atom. The van der Waals surface area contributed by atoms with Crippen LogP contribution in [0.1, 0.15) is 35.2 Å². The first-order valence-corrected chi connectivity index (χ1v) is 10.9. The number of ether oxygens (including phenoxy) is 2. The number of benzene rings is 1. The number of nitrogens with one attached hydrogen (secondary N) is 2. The zero-order valence-corrected chi connectivity index (χ0v) is 19.1. The highest BCUT2D eigenvalue weighted by molar-refractivity contribution is 8.17. The first-order chi connectivity index (χ1) is 14.5. The van der Waals surface area contributed by atoms with Crippen molar-refractivity contribution in [2.45, 2.75) is 19.3 Å². The number of allylic oxidation sites excluding steroid dienone is 1. The minimum absolute atomic E-state index is 0.00298. The molecule has 164 valence electrons. The first-order valence-electron chi connectivity index (χ1n) is 9.73. The minimum Gasteiger partial charge on any atom is -0.465 e. The lowest BCUT2D eigenvalue weighted by Gasteiger charge is -2.13. The molecular formula is C21H28ClN3O4S. The second-order valence-electron chi connectivity index (χ2n) is 6.62. The van der Waals surface area contributed by atoms with Crippen LogP contribution in [0.2, 0.25) is 5.02 Å². The first kappa shape index (κ1) is 24.4. The fourth-order valence-corrected chi connectivity index (χ4v) is 3.88. The molecule has 1 atom stereocenters. The maximum absolute atomic E-state index is 12.2. The molecule has 0 bridgehead atoms. The highest BCUT2D eigenvalue weighted by Gasteiger charge is 2.22. The van der Waals surface area contributed by atoms with Gasteiger partial charge in [-0.05, 0) is 31.0 Å². The van der Waals surface area contributed by atoms with Gasteiger partial charge in [-0.25, -0.2) is 4.79 Å². The van der Waals surface area contributed by atoms with E-state index in [2.05, 4.69) is 15.6 Å². The van der Waals surface area contributed by atoms with E-state index in [1.807, 2.05) is 19.1 Å². The number of hydrogen-bond donors (Lipinski definition) is 2. The number of carbonyl (C=O) groups excluding carboxylic acids is 2. The number of morpholine rings is 1. The molecule has 1 aromatic carbocycles. The fraction of sp³-hybridized carbons (Fsp3) is 0.476. The van der Waals surface area contributed by atoms with Gasteiger partial charge in [0.1, 0.15) is 0 Å². The zero-order chi connectivity index (χ0) is 21.9. The van der Waals surface area contributed by atoms with Gasteiger partial charge < -0.3 is 20.1 Å². The Bertz CT molecular complexity index is 798. The molecule has 2 aliphatic heterocycles. The number of nitrogens with zero attached hydrogens (tertiary/aromatic N) is 1. The van der Waals surface area contributed by atoms with E-state index in [1.54, 1.807) is 19.2 Å². The second-order valence-corrected chi connectivity index (χ2v) is 8.26. The predicted molar refractivity (Wildman–Crippen MR) is 122 cm³/mol. The molecule has 3 rings (SSSR count). The van der Waals surface area contributed by atoms with Crippen molar-refractivity contribution < 1.29 is 19.1 Å². The summed E-state index contributed by atoms with van der Waals surface area (Å²) < 4.78 is 9.77. The predicted octanol–water partition coefficient (Wildman–Crippen LogP) is 3.00. The molecule has 30 heavy (non-hydrogen) atoms. The van der Waals surface area contributed by atoms with E-state index in [0.717, 1.165) is 43.3 Å². The maximum Gasteiger partial charge on any atom is 0.339 e. The average Bonchev–Trinajstić information content (AvgIpc) is 2.96. The summed E-state index contributed by atoms with van der Waals surface area (Å²) in [6, 6.07) is 5.28. The molecule has 9 heteroatoms. The van der Waals surface area contributed by atoms with E-state index in [4.69, 9.17) is 21.1 Å². The van der Waals surface area contributed by atoms with Crippen molar-refractivity contribution in [3.8, 4) is 0 Å². The van der Waals surface area contributed by atoms with Gasteiger partial charge in [-0.2, -0.15) is 0 Å². The molecule has 0 aliphatic carbocycles. The molecule has 7 nitrogen and oxygen atoms in total. The van der Waals surface area contributed by atoms with E-state index < -0.39 is 5.97 Å². The average molecular weight is 454 g/mol. The van der Waals surface area contributed by atoms with Gasteiger partial charge in [-0.15, -0.1) is 0 Å². The lowest BCUT2D eigenvalue weighted by atomic mass is 9.94. The minimum atomic E-state index is -0.475. The van der Waals surface area contributed by atoms with Crippen molar-refractivity contribution in [3.63, 3.8) is 0 Å². The second kappa shape index (κ2) is 12.7. The lowest BCUT2D eigenvalue weighted by molar-refractivity contribution is -0.116. The Morgan fingerprint density at radius 2 is 2.03 bits per heavy atom. The molecule has 0 saturated carbocycles. The number of methoxy groups -OCH3 is 1. The van der Waals surface area contributed by atoms with Crippen LogP contribution in [0.25, 0.3) is 0 Å². The Morgan fingerprint density at radius 3 is 2.60 bits per heavy atom. The molecule has 2 aliphatic rings. The number of hydrogen-bond acceptors (Lipinski definition) is 7. The molecule has 1 unspecified atom stereocenters. The molecule has 0 radical (unpaired) electrons. The number of carbonyl (C=O) groups is 2. The van der Waals surface area contributed by atoms with Crippen LogP contribution in [0.3, 0.4) is 0 Å². The summed E-state index contributed by atoms with van der Waals surface area (Å²) in [6.45, 7) is 6.25. The molecule has 1 fully saturated rings. The summed E-state index contributed by atoms with van der Waals surface area (Å²) in [5, 5.41) is 7.20. The molecule has 2 heterocycles. The quantitative estimate of drug-likeness (QED) is 0.415. The van der Waals surface area contributed by atoms with Gasteiger partial charge in [0.25, 0.3) is 5.91 Å². The van der Waals surface area contributed by atoms with Gasteiger partial charge in [0.2, 0.25) is 0 Å². The molecule has 2 N–H and O–H groups in total. The summed E-state index contributed by atoms with van der Waals surface area (Å²) in [7, 11) is 3.01. The van der Waals surface area contributed by atoms with Crippen LogP contribution in [-0.4, -0.2) is 63.9 Å². The normalized spacial score (nSPS) is 19.6. The largest absolute Gasteiger partial charge is 0.465 e. The summed E-state index contributed by atoms with van der Waals surface area (Å²) in [5.41, 5.74) is 1.24. The van der Waals surface area contributed by atoms with Gasteiger partial charge >= 0.3 is 5.97 Å². The highest BCUT2D eigenvalue weighted by atomic mass is 35.5. The van der Waals surface area contributed by atoms with Crippen LogP contribution in [0.15, 0.2) is 34.2 Å².